The van der Waals surface area contributed by atoms with Crippen LogP contribution in [0.4, 0.5) is 0 Å². The van der Waals surface area contributed by atoms with Crippen LogP contribution in [0.1, 0.15) is 47.9 Å². The number of benzene rings is 1. The molecule has 0 unspecified atom stereocenters. The van der Waals surface area contributed by atoms with E-state index >= 15 is 0 Å². The minimum atomic E-state index is 0.0158. The van der Waals surface area contributed by atoms with Gasteiger partial charge in [0.25, 0.3) is 0 Å². The Morgan fingerprint density at radius 2 is 2.31 bits per heavy atom. The average Bonchev–Trinajstić information content (AvgIpc) is 3.16. The summed E-state index contributed by atoms with van der Waals surface area (Å²) in [5.41, 5.74) is 3.41. The van der Waals surface area contributed by atoms with E-state index in [9.17, 15) is 4.79 Å². The Bertz CT molecular complexity index is 810. The number of halogens is 1. The minimum Gasteiger partial charge on any atom is -0.332 e. The van der Waals surface area contributed by atoms with E-state index in [1.807, 2.05) is 35.4 Å². The second kappa shape index (κ2) is 7.72. The van der Waals surface area contributed by atoms with Crippen molar-refractivity contribution in [3.63, 3.8) is 0 Å². The van der Waals surface area contributed by atoms with E-state index in [0.717, 1.165) is 56.0 Å². The predicted molar refractivity (Wildman–Crippen MR) is 101 cm³/mol. The van der Waals surface area contributed by atoms with Gasteiger partial charge in [-0.05, 0) is 37.0 Å². The van der Waals surface area contributed by atoms with Crippen molar-refractivity contribution in [1.29, 1.82) is 0 Å². The summed E-state index contributed by atoms with van der Waals surface area (Å²) in [5.74, 6) is 0.981. The molecule has 2 aliphatic rings. The number of amides is 1. The van der Waals surface area contributed by atoms with Crippen LogP contribution in [-0.2, 0) is 24.2 Å². The molecule has 0 aliphatic carbocycles. The van der Waals surface area contributed by atoms with Crippen molar-refractivity contribution in [3.8, 4) is 0 Å². The highest BCUT2D eigenvalue weighted by Crippen LogP contribution is 2.31. The molecular weight excluding hydrogens is 348 g/mol. The summed E-state index contributed by atoms with van der Waals surface area (Å²) in [6, 6.07) is 7.74. The lowest BCUT2D eigenvalue weighted by atomic mass is 10.1. The first-order valence-electron chi connectivity index (χ1n) is 9.30. The minimum absolute atomic E-state index is 0.0158. The number of aromatic nitrogens is 2. The van der Waals surface area contributed by atoms with Crippen molar-refractivity contribution < 1.29 is 4.79 Å². The Morgan fingerprint density at radius 3 is 3.19 bits per heavy atom. The molecule has 1 atom stereocenters. The van der Waals surface area contributed by atoms with Crippen molar-refractivity contribution in [2.24, 2.45) is 0 Å². The van der Waals surface area contributed by atoms with Crippen LogP contribution in [0.15, 0.2) is 30.5 Å². The second-order valence-electron chi connectivity index (χ2n) is 7.00. The molecule has 1 aromatic heterocycles. The van der Waals surface area contributed by atoms with Gasteiger partial charge in [-0.3, -0.25) is 4.79 Å². The zero-order valence-electron chi connectivity index (χ0n) is 14.7. The molecule has 5 nitrogen and oxygen atoms in total. The third-order valence-corrected chi connectivity index (χ3v) is 5.45. The molecule has 26 heavy (non-hydrogen) atoms. The predicted octanol–water partition coefficient (Wildman–Crippen LogP) is 3.07. The van der Waals surface area contributed by atoms with E-state index in [2.05, 4.69) is 10.3 Å². The number of carbonyl (C=O) groups excluding carboxylic acids is 1. The molecule has 3 heterocycles. The third-order valence-electron chi connectivity index (χ3n) is 5.21. The molecule has 2 aliphatic heterocycles. The quantitative estimate of drug-likeness (QED) is 0.898. The average molecular weight is 371 g/mol. The van der Waals surface area contributed by atoms with E-state index in [0.29, 0.717) is 17.9 Å². The van der Waals surface area contributed by atoms with Crippen LogP contribution < -0.4 is 5.32 Å². The monoisotopic (exact) mass is 370 g/mol. The lowest BCUT2D eigenvalue weighted by molar-refractivity contribution is -0.132. The fourth-order valence-electron chi connectivity index (χ4n) is 3.83. The normalized spacial score (nSPS) is 19.4. The first-order valence-corrected chi connectivity index (χ1v) is 9.68. The van der Waals surface area contributed by atoms with Crippen molar-refractivity contribution in [2.45, 2.75) is 44.7 Å². The SMILES string of the molecule is O=C(CCc1cccc(Cl)c1)N1CCC[C@@H]1c1ncc2c(n1)CCNC2. The molecule has 0 spiro atoms. The summed E-state index contributed by atoms with van der Waals surface area (Å²) in [6.07, 6.45) is 6.01. The second-order valence-corrected chi connectivity index (χ2v) is 7.44. The Morgan fingerprint density at radius 1 is 1.38 bits per heavy atom. The lowest BCUT2D eigenvalue weighted by Gasteiger charge is -2.25. The number of carbonyl (C=O) groups is 1. The molecule has 1 saturated heterocycles. The summed E-state index contributed by atoms with van der Waals surface area (Å²) in [5, 5.41) is 4.05. The fourth-order valence-corrected chi connectivity index (χ4v) is 4.05. The van der Waals surface area contributed by atoms with E-state index in [-0.39, 0.29) is 11.9 Å². The van der Waals surface area contributed by atoms with Crippen LogP contribution in [0.2, 0.25) is 5.02 Å². The Labute approximate surface area is 158 Å². The largest absolute Gasteiger partial charge is 0.332 e. The van der Waals surface area contributed by atoms with Gasteiger partial charge in [-0.1, -0.05) is 23.7 Å². The van der Waals surface area contributed by atoms with Crippen LogP contribution in [0, 0.1) is 0 Å². The zero-order valence-corrected chi connectivity index (χ0v) is 15.5. The Hall–Kier alpha value is -1.98. The van der Waals surface area contributed by atoms with E-state index in [4.69, 9.17) is 16.6 Å². The first-order chi connectivity index (χ1) is 12.7. The zero-order chi connectivity index (χ0) is 17.9. The van der Waals surface area contributed by atoms with Crippen molar-refractivity contribution in [2.75, 3.05) is 13.1 Å². The van der Waals surface area contributed by atoms with Crippen LogP contribution in [0.5, 0.6) is 0 Å². The molecule has 0 radical (unpaired) electrons. The molecule has 2 aromatic rings. The molecular formula is C20H23ClN4O. The molecule has 1 fully saturated rings. The maximum Gasteiger partial charge on any atom is 0.223 e. The molecule has 6 heteroatoms. The van der Waals surface area contributed by atoms with Gasteiger partial charge in [0.05, 0.1) is 6.04 Å². The molecule has 0 bridgehead atoms. The van der Waals surface area contributed by atoms with Gasteiger partial charge in [0.2, 0.25) is 5.91 Å². The van der Waals surface area contributed by atoms with Gasteiger partial charge in [-0.25, -0.2) is 9.97 Å². The van der Waals surface area contributed by atoms with Crippen molar-refractivity contribution in [1.82, 2.24) is 20.2 Å². The molecule has 1 N–H and O–H groups in total. The lowest BCUT2D eigenvalue weighted by Crippen LogP contribution is -2.32. The highest BCUT2D eigenvalue weighted by atomic mass is 35.5. The van der Waals surface area contributed by atoms with Crippen LogP contribution in [-0.4, -0.2) is 33.9 Å². The van der Waals surface area contributed by atoms with Crippen LogP contribution in [0.25, 0.3) is 0 Å². The van der Waals surface area contributed by atoms with Gasteiger partial charge in [-0.2, -0.15) is 0 Å². The number of hydrogen-bond donors (Lipinski definition) is 1. The summed E-state index contributed by atoms with van der Waals surface area (Å²) in [7, 11) is 0. The smallest absolute Gasteiger partial charge is 0.223 e. The maximum absolute atomic E-state index is 12.8. The van der Waals surface area contributed by atoms with Crippen molar-refractivity contribution >= 4 is 17.5 Å². The van der Waals surface area contributed by atoms with Gasteiger partial charge < -0.3 is 10.2 Å². The first kappa shape index (κ1) is 17.4. The van der Waals surface area contributed by atoms with E-state index < -0.39 is 0 Å². The number of rotatable bonds is 4. The molecule has 1 aromatic carbocycles. The fraction of sp³-hybridized carbons (Fsp3) is 0.450. The number of nitrogens with zero attached hydrogens (tertiary/aromatic N) is 3. The highest BCUT2D eigenvalue weighted by Gasteiger charge is 2.32. The summed E-state index contributed by atoms with van der Waals surface area (Å²) < 4.78 is 0. The Balaban J connectivity index is 1.45. The number of fused-ring (bicyclic) bond motifs is 1. The third kappa shape index (κ3) is 3.74. The Kier molecular flexibility index (Phi) is 5.18. The number of aryl methyl sites for hydroxylation is 1. The van der Waals surface area contributed by atoms with Gasteiger partial charge in [0.15, 0.2) is 5.82 Å². The highest BCUT2D eigenvalue weighted by molar-refractivity contribution is 6.30. The van der Waals surface area contributed by atoms with Crippen LogP contribution >= 0.6 is 11.6 Å². The topological polar surface area (TPSA) is 58.1 Å². The molecule has 136 valence electrons. The summed E-state index contributed by atoms with van der Waals surface area (Å²) in [6.45, 7) is 2.58. The van der Waals surface area contributed by atoms with Crippen molar-refractivity contribution in [3.05, 3.63) is 58.1 Å². The number of nitrogens with one attached hydrogen (secondary N) is 1. The summed E-state index contributed by atoms with van der Waals surface area (Å²) in [4.78, 5) is 24.1. The van der Waals surface area contributed by atoms with Gasteiger partial charge >= 0.3 is 0 Å². The molecule has 4 rings (SSSR count). The van der Waals surface area contributed by atoms with Gasteiger partial charge in [0, 0.05) is 55.0 Å². The van der Waals surface area contributed by atoms with Crippen LogP contribution in [0.3, 0.4) is 0 Å². The number of likely N-dealkylation sites (tertiary alicyclic amines) is 1. The van der Waals surface area contributed by atoms with E-state index in [1.165, 1.54) is 5.56 Å². The van der Waals surface area contributed by atoms with E-state index in [1.54, 1.807) is 0 Å². The van der Waals surface area contributed by atoms with Gasteiger partial charge in [-0.15, -0.1) is 0 Å². The van der Waals surface area contributed by atoms with Gasteiger partial charge in [0.1, 0.15) is 0 Å². The number of hydrogen-bond acceptors (Lipinski definition) is 4. The molecule has 1 amide bonds. The molecule has 0 saturated carbocycles. The maximum atomic E-state index is 12.8. The standard InChI is InChI=1S/C20H23ClN4O/c21-16-4-1-3-14(11-16)6-7-19(26)25-10-2-5-18(25)20-23-13-15-12-22-9-8-17(15)24-20/h1,3-4,11,13,18,22H,2,5-10,12H2/t18-/m1/s1. The summed E-state index contributed by atoms with van der Waals surface area (Å²) >= 11 is 6.03.